The molecule has 0 saturated heterocycles. The van der Waals surface area contributed by atoms with Gasteiger partial charge in [-0.3, -0.25) is 10.2 Å². The van der Waals surface area contributed by atoms with Gasteiger partial charge >= 0.3 is 6.18 Å². The van der Waals surface area contributed by atoms with Crippen LogP contribution in [0.2, 0.25) is 5.02 Å². The number of nitrogens with one attached hydrogen (secondary N) is 5. The van der Waals surface area contributed by atoms with Crippen molar-refractivity contribution in [2.45, 2.75) is 32.0 Å². The number of amidine groups is 1. The van der Waals surface area contributed by atoms with E-state index < -0.39 is 17.3 Å². The first-order valence-electron chi connectivity index (χ1n) is 12.7. The minimum atomic E-state index is -4.51. The monoisotopic (exact) mass is 595 g/mol. The lowest BCUT2D eigenvalue weighted by Gasteiger charge is -2.26. The highest BCUT2D eigenvalue weighted by Crippen LogP contribution is 2.35. The molecule has 0 atom stereocenters. The molecule has 0 unspecified atom stereocenters. The molecule has 13 heteroatoms. The Hall–Kier alpha value is -3.74. The second kappa shape index (κ2) is 13.7. The predicted octanol–water partition coefficient (Wildman–Crippen LogP) is 4.79. The molecule has 9 nitrogen and oxygen atoms in total. The number of aliphatic hydroxyl groups excluding tert-OH is 1. The van der Waals surface area contributed by atoms with Crippen molar-refractivity contribution in [3.05, 3.63) is 76.1 Å². The lowest BCUT2D eigenvalue weighted by atomic mass is 10.0. The van der Waals surface area contributed by atoms with Crippen LogP contribution < -0.4 is 26.0 Å². The molecule has 1 amide bonds. The van der Waals surface area contributed by atoms with Crippen molar-refractivity contribution in [1.29, 1.82) is 5.41 Å². The Kier molecular flexibility index (Phi) is 10.7. The van der Waals surface area contributed by atoms with E-state index in [1.165, 1.54) is 24.3 Å². The molecule has 2 aromatic carbocycles. The van der Waals surface area contributed by atoms with Crippen molar-refractivity contribution >= 4 is 29.0 Å². The average molecular weight is 596 g/mol. The minimum absolute atomic E-state index is 0.0254. The van der Waals surface area contributed by atoms with Crippen molar-refractivity contribution in [2.24, 2.45) is 0 Å². The molecule has 222 valence electrons. The van der Waals surface area contributed by atoms with Gasteiger partial charge in [0.25, 0.3) is 0 Å². The Bertz CT molecular complexity index is 1330. The lowest BCUT2D eigenvalue weighted by molar-refractivity contribution is -0.137. The fourth-order valence-electron chi connectivity index (χ4n) is 3.89. The molecule has 0 radical (unpaired) electrons. The van der Waals surface area contributed by atoms with Crippen LogP contribution in [0.4, 0.5) is 18.9 Å². The Morgan fingerprint density at radius 2 is 1.95 bits per heavy atom. The Morgan fingerprint density at radius 1 is 1.20 bits per heavy atom. The quantitative estimate of drug-likeness (QED) is 0.125. The maximum Gasteiger partial charge on any atom is 0.416 e. The second-order valence-electron chi connectivity index (χ2n) is 9.77. The van der Waals surface area contributed by atoms with Gasteiger partial charge in [-0.25, -0.2) is 0 Å². The number of benzene rings is 2. The molecule has 3 rings (SSSR count). The molecular weight excluding hydrogens is 563 g/mol. The van der Waals surface area contributed by atoms with E-state index in [0.29, 0.717) is 35.6 Å². The fraction of sp³-hybridized carbons (Fsp3) is 0.357. The van der Waals surface area contributed by atoms with Crippen molar-refractivity contribution < 1.29 is 32.5 Å². The van der Waals surface area contributed by atoms with Gasteiger partial charge in [0.1, 0.15) is 23.2 Å². The molecular formula is C28H33ClF3N5O4. The maximum atomic E-state index is 13.1. The summed E-state index contributed by atoms with van der Waals surface area (Å²) in [6, 6.07) is 8.99. The molecule has 0 aliphatic carbocycles. The van der Waals surface area contributed by atoms with Gasteiger partial charge in [-0.05, 0) is 62.7 Å². The molecule has 41 heavy (non-hydrogen) atoms. The van der Waals surface area contributed by atoms with Crippen LogP contribution in [0.1, 0.15) is 25.8 Å². The van der Waals surface area contributed by atoms with E-state index in [0.717, 1.165) is 12.1 Å². The van der Waals surface area contributed by atoms with Gasteiger partial charge in [-0.15, -0.1) is 0 Å². The molecule has 0 spiro atoms. The van der Waals surface area contributed by atoms with E-state index >= 15 is 0 Å². The Labute approximate surface area is 241 Å². The number of alkyl halides is 3. The summed E-state index contributed by atoms with van der Waals surface area (Å²) < 4.78 is 50.0. The van der Waals surface area contributed by atoms with Gasteiger partial charge in [0.05, 0.1) is 41.5 Å². The van der Waals surface area contributed by atoms with Crippen LogP contribution in [0.25, 0.3) is 0 Å². The molecule has 6 N–H and O–H groups in total. The number of anilines is 1. The molecule has 1 aliphatic rings. The van der Waals surface area contributed by atoms with Crippen LogP contribution >= 0.6 is 11.6 Å². The number of hydrogen-bond acceptors (Lipinski definition) is 7. The van der Waals surface area contributed by atoms with Crippen molar-refractivity contribution in [1.82, 2.24) is 16.0 Å². The number of aliphatic hydroxyl groups is 1. The SMILES string of the molecule is CNC1=C(C(=N)Nc2ccc(Oc3cccc(C(F)(F)F)c3)c(Cl)c2)C=C(C(=O)NC(C)(C)COCCO)CCN1. The number of rotatable bonds is 11. The summed E-state index contributed by atoms with van der Waals surface area (Å²) in [5, 5.41) is 29.8. The third kappa shape index (κ3) is 9.13. The van der Waals surface area contributed by atoms with E-state index in [4.69, 9.17) is 31.6 Å². The van der Waals surface area contributed by atoms with Crippen molar-refractivity contribution in [2.75, 3.05) is 38.7 Å². The van der Waals surface area contributed by atoms with E-state index in [2.05, 4.69) is 21.3 Å². The second-order valence-corrected chi connectivity index (χ2v) is 10.2. The summed E-state index contributed by atoms with van der Waals surface area (Å²) in [4.78, 5) is 13.1. The zero-order chi connectivity index (χ0) is 30.2. The van der Waals surface area contributed by atoms with Crippen LogP contribution in [-0.4, -0.2) is 55.8 Å². The fourth-order valence-corrected chi connectivity index (χ4v) is 4.11. The largest absolute Gasteiger partial charge is 0.456 e. The summed E-state index contributed by atoms with van der Waals surface area (Å²) in [5.41, 5.74) is -0.274. The van der Waals surface area contributed by atoms with E-state index in [1.54, 1.807) is 33.0 Å². The van der Waals surface area contributed by atoms with Gasteiger partial charge in [0.2, 0.25) is 5.91 Å². The molecule has 1 heterocycles. The Morgan fingerprint density at radius 3 is 2.61 bits per heavy atom. The van der Waals surface area contributed by atoms with Crippen LogP contribution in [0.3, 0.4) is 0 Å². The predicted molar refractivity (Wildman–Crippen MR) is 151 cm³/mol. The number of carbonyl (C=O) groups excluding carboxylic acids is 1. The van der Waals surface area contributed by atoms with Crippen LogP contribution in [0, 0.1) is 5.41 Å². The number of ether oxygens (including phenoxy) is 2. The van der Waals surface area contributed by atoms with Crippen LogP contribution in [-0.2, 0) is 15.7 Å². The standard InChI is InChI=1S/C28H33ClF3N5O4/c1-27(2,16-40-12-11-38)37-26(39)17-9-10-35-25(34-3)21(13-17)24(33)36-19-7-8-23(22(29)15-19)41-20-6-4-5-18(14-20)28(30,31)32/h4-8,13-15,34-35,38H,9-12,16H2,1-3H3,(H2,33,36)(H,37,39). The van der Waals surface area contributed by atoms with Crippen molar-refractivity contribution in [3.8, 4) is 11.5 Å². The van der Waals surface area contributed by atoms with Gasteiger partial charge in [-0.1, -0.05) is 17.7 Å². The third-order valence-electron chi connectivity index (χ3n) is 5.84. The van der Waals surface area contributed by atoms with Crippen LogP contribution in [0.15, 0.2) is 65.5 Å². The van der Waals surface area contributed by atoms with Gasteiger partial charge < -0.3 is 35.8 Å². The topological polar surface area (TPSA) is 128 Å². The maximum absolute atomic E-state index is 13.1. The molecule has 2 aromatic rings. The molecule has 1 aliphatic heterocycles. The summed E-state index contributed by atoms with van der Waals surface area (Å²) in [5.74, 6) is 0.293. The molecule has 0 bridgehead atoms. The first-order valence-corrected chi connectivity index (χ1v) is 13.1. The summed E-state index contributed by atoms with van der Waals surface area (Å²) in [6.45, 7) is 4.31. The van der Waals surface area contributed by atoms with E-state index in [1.807, 2.05) is 0 Å². The summed E-state index contributed by atoms with van der Waals surface area (Å²) >= 11 is 6.35. The average Bonchev–Trinajstić information content (AvgIpc) is 3.13. The first-order chi connectivity index (χ1) is 19.3. The van der Waals surface area contributed by atoms with Gasteiger partial charge in [-0.2, -0.15) is 13.2 Å². The van der Waals surface area contributed by atoms with E-state index in [9.17, 15) is 18.0 Å². The lowest BCUT2D eigenvalue weighted by Crippen LogP contribution is -2.47. The molecule has 0 fully saturated rings. The molecule has 0 saturated carbocycles. The zero-order valence-electron chi connectivity index (χ0n) is 22.8. The normalized spacial score (nSPS) is 14.0. The Balaban J connectivity index is 1.76. The third-order valence-corrected chi connectivity index (χ3v) is 6.13. The first kappa shape index (κ1) is 31.8. The summed E-state index contributed by atoms with van der Waals surface area (Å²) in [6.07, 6.45) is -2.49. The van der Waals surface area contributed by atoms with Crippen molar-refractivity contribution in [3.63, 3.8) is 0 Å². The smallest absolute Gasteiger partial charge is 0.416 e. The highest BCUT2D eigenvalue weighted by molar-refractivity contribution is 6.32. The number of amides is 1. The summed E-state index contributed by atoms with van der Waals surface area (Å²) in [7, 11) is 1.69. The number of halogens is 4. The number of carbonyl (C=O) groups is 1. The zero-order valence-corrected chi connectivity index (χ0v) is 23.6. The van der Waals surface area contributed by atoms with Gasteiger partial charge in [0.15, 0.2) is 0 Å². The highest BCUT2D eigenvalue weighted by Gasteiger charge is 2.31. The number of hydrogen-bond donors (Lipinski definition) is 6. The van der Waals surface area contributed by atoms with E-state index in [-0.39, 0.29) is 48.1 Å². The molecule has 0 aromatic heterocycles. The minimum Gasteiger partial charge on any atom is -0.456 e. The highest BCUT2D eigenvalue weighted by atomic mass is 35.5. The van der Waals surface area contributed by atoms with Gasteiger partial charge in [0, 0.05) is 24.9 Å². The van der Waals surface area contributed by atoms with Crippen LogP contribution in [0.5, 0.6) is 11.5 Å².